The summed E-state index contributed by atoms with van der Waals surface area (Å²) in [5, 5.41) is 15.1. The van der Waals surface area contributed by atoms with Crippen LogP contribution in [0.2, 0.25) is 0 Å². The number of esters is 1. The monoisotopic (exact) mass is 1190 g/mol. The van der Waals surface area contributed by atoms with Crippen molar-refractivity contribution in [2.24, 2.45) is 10.9 Å². The van der Waals surface area contributed by atoms with Crippen LogP contribution in [0.4, 0.5) is 14.7 Å². The zero-order chi connectivity index (χ0) is 59.2. The molecule has 1 aromatic heterocycles. The number of anilines is 1. The molecule has 0 aliphatic carbocycles. The molecule has 84 heavy (non-hydrogen) atoms. The van der Waals surface area contributed by atoms with Gasteiger partial charge in [-0.25, -0.2) is 19.4 Å². The minimum absolute atomic E-state index is 0.00768. The van der Waals surface area contributed by atoms with Gasteiger partial charge in [-0.1, -0.05) is 187 Å². The van der Waals surface area contributed by atoms with Crippen LogP contribution in [0.15, 0.2) is 209 Å². The van der Waals surface area contributed by atoms with E-state index in [1.165, 1.54) is 22.0 Å². The van der Waals surface area contributed by atoms with Crippen LogP contribution in [-0.2, 0) is 50.4 Å². The lowest BCUT2D eigenvalue weighted by molar-refractivity contribution is -0.154. The second-order valence-corrected chi connectivity index (χ2v) is 22.9. The zero-order valence-electron chi connectivity index (χ0n) is 46.0. The molecule has 2 aliphatic rings. The highest BCUT2D eigenvalue weighted by atomic mass is 32.2. The van der Waals surface area contributed by atoms with E-state index in [1.807, 2.05) is 152 Å². The Labute approximate surface area is 497 Å². The lowest BCUT2D eigenvalue weighted by atomic mass is 9.80. The molecule has 0 bridgehead atoms. The molecule has 1 fully saturated rings. The Hall–Kier alpha value is -9.18. The van der Waals surface area contributed by atoms with E-state index in [0.717, 1.165) is 23.1 Å². The molecular formula is C63H59N7O11S3. The third-order valence-electron chi connectivity index (χ3n) is 13.1. The molecule has 5 amide bonds. The summed E-state index contributed by atoms with van der Waals surface area (Å²) in [5.74, 6) is -2.30. The number of β-lactam (4-membered cyclic amide) rings is 1. The standard InChI is InChI=1S/C63H59N7O11S3/c1-62(2,3)80-61(76)68-59-65-48(38-84-59)50(69-81-63(43-25-14-7-15-26-43,44-27-16-8-17-28-44)45-29-18-9-19-30-45)55(72)67-51-56(73)70-52(58(74)79-53(41-21-10-5-11-22-41)42-23-12-6-13-24-42)49(39-83-57(51)70)82-36-20-31-47(54(64)71)66-60(75)78-37-40-32-34-46(77-4)35-33-40/h5-30,32-36,38,47,51,53,57H,31,37,39H2,1-4H3,(H2,64,71)(H,66,75)(H,67,72)(H,65,68,76)/b36-20-,69-50-/t47?,51?,57-/m1/s1. The summed E-state index contributed by atoms with van der Waals surface area (Å²) in [6.45, 7) is 5.10. The van der Waals surface area contributed by atoms with Gasteiger partial charge in [0, 0.05) is 32.7 Å². The van der Waals surface area contributed by atoms with Gasteiger partial charge < -0.3 is 40.2 Å². The number of rotatable bonds is 22. The third-order valence-corrected chi connectivity index (χ3v) is 16.2. The van der Waals surface area contributed by atoms with E-state index < -0.39 is 70.6 Å². The van der Waals surface area contributed by atoms with Crippen LogP contribution in [0.3, 0.4) is 0 Å². The van der Waals surface area contributed by atoms with Crippen LogP contribution < -0.4 is 26.4 Å². The molecule has 1 saturated heterocycles. The van der Waals surface area contributed by atoms with Crippen molar-refractivity contribution in [2.45, 2.75) is 68.6 Å². The number of hydrogen-bond acceptors (Lipinski definition) is 16. The second kappa shape index (κ2) is 27.3. The first-order valence-electron chi connectivity index (χ1n) is 26.5. The van der Waals surface area contributed by atoms with Crippen LogP contribution in [0.1, 0.15) is 72.4 Å². The van der Waals surface area contributed by atoms with Gasteiger partial charge in [-0.3, -0.25) is 24.6 Å². The molecule has 21 heteroatoms. The lowest BCUT2D eigenvalue weighted by Crippen LogP contribution is -2.71. The number of thiazole rings is 1. The van der Waals surface area contributed by atoms with E-state index in [4.69, 9.17) is 29.5 Å². The number of benzene rings is 6. The molecule has 5 N–H and O–H groups in total. The number of alkyl carbamates (subject to hydrolysis) is 1. The first kappa shape index (κ1) is 59.4. The maximum atomic E-state index is 15.1. The molecule has 3 atom stereocenters. The summed E-state index contributed by atoms with van der Waals surface area (Å²) in [7, 11) is 1.54. The van der Waals surface area contributed by atoms with Crippen molar-refractivity contribution < 1.29 is 52.6 Å². The normalized spacial score (nSPS) is 15.5. The molecule has 6 aromatic carbocycles. The summed E-state index contributed by atoms with van der Waals surface area (Å²) in [4.78, 5) is 96.3. The van der Waals surface area contributed by atoms with E-state index in [-0.39, 0.29) is 41.0 Å². The number of thioether (sulfide) groups is 2. The number of methoxy groups -OCH3 is 1. The number of aromatic nitrogens is 1. The van der Waals surface area contributed by atoms with Crippen LogP contribution in [0.5, 0.6) is 5.75 Å². The fourth-order valence-corrected chi connectivity index (χ4v) is 12.1. The van der Waals surface area contributed by atoms with Crippen LogP contribution in [0.25, 0.3) is 0 Å². The quantitative estimate of drug-likeness (QED) is 0.0123. The topological polar surface area (TPSA) is 239 Å². The number of nitrogens with zero attached hydrogens (tertiary/aromatic N) is 3. The summed E-state index contributed by atoms with van der Waals surface area (Å²) < 4.78 is 22.4. The van der Waals surface area contributed by atoms with Crippen molar-refractivity contribution in [2.75, 3.05) is 18.2 Å². The Balaban J connectivity index is 1.02. The van der Waals surface area contributed by atoms with Gasteiger partial charge in [0.2, 0.25) is 11.5 Å². The fraction of sp³-hybridized carbons (Fsp3) is 0.206. The molecule has 0 saturated carbocycles. The Morgan fingerprint density at radius 2 is 1.35 bits per heavy atom. The summed E-state index contributed by atoms with van der Waals surface area (Å²) >= 11 is 3.42. The Kier molecular flexibility index (Phi) is 19.3. The number of oxime groups is 1. The molecule has 0 radical (unpaired) electrons. The number of carbonyl (C=O) groups is 6. The van der Waals surface area contributed by atoms with Crippen LogP contribution >= 0.6 is 34.9 Å². The predicted octanol–water partition coefficient (Wildman–Crippen LogP) is 10.6. The van der Waals surface area contributed by atoms with E-state index in [0.29, 0.717) is 44.0 Å². The average Bonchev–Trinajstić information content (AvgIpc) is 0.931. The molecule has 430 valence electrons. The van der Waals surface area contributed by atoms with Gasteiger partial charge in [0.1, 0.15) is 46.8 Å². The number of amides is 5. The Bertz CT molecular complexity index is 3410. The van der Waals surface area contributed by atoms with Crippen LogP contribution in [-0.4, -0.2) is 87.4 Å². The molecule has 18 nitrogen and oxygen atoms in total. The number of nitrogens with one attached hydrogen (secondary N) is 3. The number of hydrogen-bond donors (Lipinski definition) is 4. The molecule has 2 unspecified atom stereocenters. The van der Waals surface area contributed by atoms with Gasteiger partial charge in [0.25, 0.3) is 11.8 Å². The highest BCUT2D eigenvalue weighted by Crippen LogP contribution is 2.45. The van der Waals surface area contributed by atoms with Crippen LogP contribution in [0, 0.1) is 0 Å². The van der Waals surface area contributed by atoms with Gasteiger partial charge in [0.05, 0.1) is 7.11 Å². The van der Waals surface area contributed by atoms with Crippen molar-refractivity contribution in [1.82, 2.24) is 20.5 Å². The van der Waals surface area contributed by atoms with Gasteiger partial charge >= 0.3 is 18.2 Å². The SMILES string of the molecule is COc1ccc(COC(=O)NC(C/C=C\SC2=C(C(=O)OC(c3ccccc3)c3ccccc3)N3C(=O)C(NC(=O)/C(=N\OC(c4ccccc4)(c4ccccc4)c4ccccc4)c4csc(NC(=O)OC(C)(C)C)n4)[C@H]3SC2)C(N)=O)cc1. The average molecular weight is 1190 g/mol. The van der Waals surface area contributed by atoms with Crippen molar-refractivity contribution in [3.05, 3.63) is 242 Å². The highest BCUT2D eigenvalue weighted by molar-refractivity contribution is 8.08. The minimum atomic E-state index is -1.44. The molecule has 0 spiro atoms. The summed E-state index contributed by atoms with van der Waals surface area (Å²) in [6, 6.07) is 51.1. The van der Waals surface area contributed by atoms with E-state index >= 15 is 4.79 Å². The van der Waals surface area contributed by atoms with E-state index in [9.17, 15) is 24.0 Å². The lowest BCUT2D eigenvalue weighted by Gasteiger charge is -2.49. The second-order valence-electron chi connectivity index (χ2n) is 20.0. The molecule has 2 aliphatic heterocycles. The highest BCUT2D eigenvalue weighted by Gasteiger charge is 2.55. The predicted molar refractivity (Wildman–Crippen MR) is 322 cm³/mol. The van der Waals surface area contributed by atoms with Gasteiger partial charge in [0.15, 0.2) is 16.9 Å². The van der Waals surface area contributed by atoms with Gasteiger partial charge in [-0.2, -0.15) is 0 Å². The maximum absolute atomic E-state index is 15.1. The van der Waals surface area contributed by atoms with Crippen molar-refractivity contribution >= 4 is 81.6 Å². The Morgan fingerprint density at radius 3 is 1.88 bits per heavy atom. The molecule has 7 aromatic rings. The third kappa shape index (κ3) is 14.3. The minimum Gasteiger partial charge on any atom is -0.497 e. The number of nitrogens with two attached hydrogens (primary N) is 1. The fourth-order valence-electron chi connectivity index (χ4n) is 9.08. The first-order valence-corrected chi connectivity index (χ1v) is 29.3. The summed E-state index contributed by atoms with van der Waals surface area (Å²) in [6.07, 6.45) is -0.958. The van der Waals surface area contributed by atoms with E-state index in [1.54, 1.807) is 63.6 Å². The van der Waals surface area contributed by atoms with Gasteiger partial charge in [-0.05, 0) is 61.4 Å². The van der Waals surface area contributed by atoms with Crippen molar-refractivity contribution in [3.63, 3.8) is 0 Å². The smallest absolute Gasteiger partial charge is 0.413 e. The maximum Gasteiger partial charge on any atom is 0.413 e. The Morgan fingerprint density at radius 1 is 0.786 bits per heavy atom. The van der Waals surface area contributed by atoms with Crippen molar-refractivity contribution in [1.29, 1.82) is 0 Å². The number of fused-ring (bicyclic) bond motifs is 1. The zero-order valence-corrected chi connectivity index (χ0v) is 48.5. The number of carbonyl (C=O) groups excluding carboxylic acids is 6. The molecule has 3 heterocycles. The van der Waals surface area contributed by atoms with Crippen molar-refractivity contribution in [3.8, 4) is 5.75 Å². The largest absolute Gasteiger partial charge is 0.497 e. The number of ether oxygens (including phenoxy) is 4. The first-order chi connectivity index (χ1) is 40.6. The molecule has 9 rings (SSSR count). The van der Waals surface area contributed by atoms with E-state index in [2.05, 4.69) is 26.1 Å². The van der Waals surface area contributed by atoms with Gasteiger partial charge in [-0.15, -0.1) is 23.1 Å². The number of primary amides is 1. The summed E-state index contributed by atoms with van der Waals surface area (Å²) in [5.41, 5.74) is 7.17. The molecular weight excluding hydrogens is 1130 g/mol.